The average molecular weight is 492 g/mol. The number of likely N-dealkylation sites (N-methyl/N-ethyl adjacent to an activating group) is 1. The average Bonchev–Trinajstić information content (AvgIpc) is 2.78. The number of benzene rings is 2. The summed E-state index contributed by atoms with van der Waals surface area (Å²) < 4.78 is 40.0. The third-order valence-electron chi connectivity index (χ3n) is 5.51. The number of nitrogens with zero attached hydrogens (tertiary/aromatic N) is 2. The SMILES string of the molecule is CCNC(=O)[C@H](CC)N(Cc1ccc(F)cc1)C(=O)CN(c1ccccc1C(C)C)S(C)(=O)=O. The molecular formula is C25H34FN3O4S. The van der Waals surface area contributed by atoms with Crippen LogP contribution in [0.25, 0.3) is 0 Å². The fourth-order valence-electron chi connectivity index (χ4n) is 3.80. The molecule has 186 valence electrons. The molecule has 2 amide bonds. The number of amides is 2. The van der Waals surface area contributed by atoms with Gasteiger partial charge in [0.25, 0.3) is 0 Å². The number of para-hydroxylation sites is 1. The maximum Gasteiger partial charge on any atom is 0.244 e. The van der Waals surface area contributed by atoms with Gasteiger partial charge in [-0.1, -0.05) is 51.1 Å². The van der Waals surface area contributed by atoms with Crippen LogP contribution in [0.5, 0.6) is 0 Å². The Kier molecular flexibility index (Phi) is 9.61. The Hall–Kier alpha value is -2.94. The number of hydrogen-bond acceptors (Lipinski definition) is 4. The van der Waals surface area contributed by atoms with Gasteiger partial charge in [-0.2, -0.15) is 0 Å². The van der Waals surface area contributed by atoms with Crippen LogP contribution >= 0.6 is 0 Å². The van der Waals surface area contributed by atoms with Crippen molar-refractivity contribution >= 4 is 27.5 Å². The summed E-state index contributed by atoms with van der Waals surface area (Å²) in [5, 5.41) is 2.74. The van der Waals surface area contributed by atoms with Crippen molar-refractivity contribution in [3.8, 4) is 0 Å². The van der Waals surface area contributed by atoms with Gasteiger partial charge in [-0.15, -0.1) is 0 Å². The monoisotopic (exact) mass is 491 g/mol. The molecular weight excluding hydrogens is 457 g/mol. The van der Waals surface area contributed by atoms with E-state index in [0.717, 1.165) is 16.1 Å². The molecule has 0 heterocycles. The second-order valence-corrected chi connectivity index (χ2v) is 10.4. The molecule has 2 aromatic rings. The second-order valence-electron chi connectivity index (χ2n) is 8.45. The van der Waals surface area contributed by atoms with Gasteiger partial charge < -0.3 is 10.2 Å². The highest BCUT2D eigenvalue weighted by atomic mass is 32.2. The Morgan fingerprint density at radius 1 is 1.03 bits per heavy atom. The Labute approximate surface area is 202 Å². The van der Waals surface area contributed by atoms with Crippen LogP contribution in [0.2, 0.25) is 0 Å². The maximum atomic E-state index is 13.6. The molecule has 0 fully saturated rings. The van der Waals surface area contributed by atoms with Crippen molar-refractivity contribution in [3.05, 3.63) is 65.5 Å². The van der Waals surface area contributed by atoms with Crippen LogP contribution < -0.4 is 9.62 Å². The van der Waals surface area contributed by atoms with E-state index in [9.17, 15) is 22.4 Å². The van der Waals surface area contributed by atoms with Gasteiger partial charge in [0, 0.05) is 13.1 Å². The fourth-order valence-corrected chi connectivity index (χ4v) is 4.66. The zero-order chi connectivity index (χ0) is 25.5. The minimum atomic E-state index is -3.81. The van der Waals surface area contributed by atoms with E-state index in [1.54, 1.807) is 38.1 Å². The lowest BCUT2D eigenvalue weighted by Gasteiger charge is -2.33. The number of sulfonamides is 1. The number of carbonyl (C=O) groups excluding carboxylic acids is 2. The maximum absolute atomic E-state index is 13.6. The molecule has 0 bridgehead atoms. The smallest absolute Gasteiger partial charge is 0.244 e. The molecule has 7 nitrogen and oxygen atoms in total. The molecule has 2 aromatic carbocycles. The highest BCUT2D eigenvalue weighted by Crippen LogP contribution is 2.29. The minimum Gasteiger partial charge on any atom is -0.355 e. The van der Waals surface area contributed by atoms with Crippen molar-refractivity contribution in [2.24, 2.45) is 0 Å². The first kappa shape index (κ1) is 27.3. The molecule has 0 spiro atoms. The van der Waals surface area contributed by atoms with Crippen molar-refractivity contribution in [2.45, 2.75) is 52.6 Å². The Balaban J connectivity index is 2.48. The van der Waals surface area contributed by atoms with E-state index in [-0.39, 0.29) is 18.4 Å². The molecule has 0 aliphatic heterocycles. The molecule has 0 aromatic heterocycles. The topological polar surface area (TPSA) is 86.8 Å². The van der Waals surface area contributed by atoms with Crippen molar-refractivity contribution in [1.82, 2.24) is 10.2 Å². The summed E-state index contributed by atoms with van der Waals surface area (Å²) in [6.45, 7) is 7.44. The first-order valence-corrected chi connectivity index (χ1v) is 13.2. The van der Waals surface area contributed by atoms with Crippen LogP contribution in [-0.2, 0) is 26.2 Å². The number of hydrogen-bond donors (Lipinski definition) is 1. The van der Waals surface area contributed by atoms with Gasteiger partial charge in [-0.25, -0.2) is 12.8 Å². The summed E-state index contributed by atoms with van der Waals surface area (Å²) in [6, 6.07) is 11.9. The summed E-state index contributed by atoms with van der Waals surface area (Å²) in [6.07, 6.45) is 1.39. The van der Waals surface area contributed by atoms with Gasteiger partial charge in [-0.05, 0) is 48.6 Å². The van der Waals surface area contributed by atoms with Crippen molar-refractivity contribution in [3.63, 3.8) is 0 Å². The molecule has 0 aliphatic carbocycles. The lowest BCUT2D eigenvalue weighted by atomic mass is 10.0. The Morgan fingerprint density at radius 3 is 2.18 bits per heavy atom. The second kappa shape index (κ2) is 12.0. The first-order valence-electron chi connectivity index (χ1n) is 11.4. The standard InChI is InChI=1S/C25H34FN3O4S/c1-6-22(25(31)27-7-2)28(16-19-12-14-20(26)15-13-19)24(30)17-29(34(5,32)33)23-11-9-8-10-21(23)18(3)4/h8-15,18,22H,6-7,16-17H2,1-5H3,(H,27,31)/t22-/m0/s1. The quantitative estimate of drug-likeness (QED) is 0.520. The third kappa shape index (κ3) is 7.03. The van der Waals surface area contributed by atoms with Crippen LogP contribution in [0.15, 0.2) is 48.5 Å². The molecule has 0 radical (unpaired) electrons. The van der Waals surface area contributed by atoms with E-state index >= 15 is 0 Å². The van der Waals surface area contributed by atoms with Gasteiger partial charge in [0.1, 0.15) is 18.4 Å². The molecule has 0 saturated heterocycles. The predicted octanol–water partition coefficient (Wildman–Crippen LogP) is 3.66. The van der Waals surface area contributed by atoms with E-state index in [1.165, 1.54) is 17.0 Å². The van der Waals surface area contributed by atoms with E-state index in [0.29, 0.717) is 24.2 Å². The summed E-state index contributed by atoms with van der Waals surface area (Å²) >= 11 is 0. The van der Waals surface area contributed by atoms with Crippen molar-refractivity contribution < 1.29 is 22.4 Å². The molecule has 0 saturated carbocycles. The normalized spacial score (nSPS) is 12.3. The van der Waals surface area contributed by atoms with Gasteiger partial charge in [0.2, 0.25) is 21.8 Å². The number of nitrogens with one attached hydrogen (secondary N) is 1. The molecule has 1 atom stereocenters. The predicted molar refractivity (Wildman–Crippen MR) is 132 cm³/mol. The summed E-state index contributed by atoms with van der Waals surface area (Å²) in [7, 11) is -3.81. The van der Waals surface area contributed by atoms with Gasteiger partial charge in [0.05, 0.1) is 11.9 Å². The molecule has 9 heteroatoms. The van der Waals surface area contributed by atoms with Gasteiger partial charge >= 0.3 is 0 Å². The van der Waals surface area contributed by atoms with Crippen LogP contribution in [0, 0.1) is 5.82 Å². The lowest BCUT2D eigenvalue weighted by Crippen LogP contribution is -2.52. The van der Waals surface area contributed by atoms with Crippen LogP contribution in [-0.4, -0.2) is 50.5 Å². The Morgan fingerprint density at radius 2 is 1.65 bits per heavy atom. The Bertz CT molecular complexity index is 1090. The summed E-state index contributed by atoms with van der Waals surface area (Å²) in [5.41, 5.74) is 1.86. The van der Waals surface area contributed by atoms with E-state index < -0.39 is 34.3 Å². The fraction of sp³-hybridized carbons (Fsp3) is 0.440. The largest absolute Gasteiger partial charge is 0.355 e. The molecule has 34 heavy (non-hydrogen) atoms. The minimum absolute atomic E-state index is 0.0320. The van der Waals surface area contributed by atoms with E-state index in [1.807, 2.05) is 26.0 Å². The number of rotatable bonds is 11. The van der Waals surface area contributed by atoms with E-state index in [4.69, 9.17) is 0 Å². The third-order valence-corrected chi connectivity index (χ3v) is 6.64. The van der Waals surface area contributed by atoms with E-state index in [2.05, 4.69) is 5.32 Å². The van der Waals surface area contributed by atoms with Gasteiger partial charge in [0.15, 0.2) is 0 Å². The highest BCUT2D eigenvalue weighted by molar-refractivity contribution is 7.92. The molecule has 0 aliphatic rings. The highest BCUT2D eigenvalue weighted by Gasteiger charge is 2.32. The zero-order valence-corrected chi connectivity index (χ0v) is 21.2. The number of carbonyl (C=O) groups is 2. The van der Waals surface area contributed by atoms with Gasteiger partial charge in [-0.3, -0.25) is 13.9 Å². The number of anilines is 1. The van der Waals surface area contributed by atoms with Crippen molar-refractivity contribution in [2.75, 3.05) is 23.7 Å². The molecule has 1 N–H and O–H groups in total. The lowest BCUT2D eigenvalue weighted by molar-refractivity contribution is -0.140. The summed E-state index contributed by atoms with van der Waals surface area (Å²) in [5.74, 6) is -1.23. The van der Waals surface area contributed by atoms with Crippen LogP contribution in [0.4, 0.5) is 10.1 Å². The van der Waals surface area contributed by atoms with Crippen molar-refractivity contribution in [1.29, 1.82) is 0 Å². The number of halogens is 1. The van der Waals surface area contributed by atoms with Crippen LogP contribution in [0.3, 0.4) is 0 Å². The van der Waals surface area contributed by atoms with Crippen LogP contribution in [0.1, 0.15) is 51.2 Å². The first-order chi connectivity index (χ1) is 16.0. The zero-order valence-electron chi connectivity index (χ0n) is 20.4. The molecule has 2 rings (SSSR count). The summed E-state index contributed by atoms with van der Waals surface area (Å²) in [4.78, 5) is 27.7. The molecule has 0 unspecified atom stereocenters.